The van der Waals surface area contributed by atoms with Crippen molar-refractivity contribution < 1.29 is 14.5 Å². The fourth-order valence-corrected chi connectivity index (χ4v) is 1.91. The first-order valence-corrected chi connectivity index (χ1v) is 6.93. The molecule has 0 bridgehead atoms. The number of pyridine rings is 1. The summed E-state index contributed by atoms with van der Waals surface area (Å²) in [7, 11) is 1.25. The number of esters is 1. The summed E-state index contributed by atoms with van der Waals surface area (Å²) in [6.45, 7) is 7.25. The molecule has 1 aromatic rings. The lowest BCUT2D eigenvalue weighted by molar-refractivity contribution is -0.384. The lowest BCUT2D eigenvalue weighted by Gasteiger charge is -2.24. The Hall–Kier alpha value is -2.18. The number of methoxy groups -OCH3 is 1. The van der Waals surface area contributed by atoms with Gasteiger partial charge >= 0.3 is 11.7 Å². The number of nitrogens with zero attached hydrogens (tertiary/aromatic N) is 3. The van der Waals surface area contributed by atoms with Gasteiger partial charge in [0.05, 0.1) is 12.0 Å². The highest BCUT2D eigenvalue weighted by Crippen LogP contribution is 2.27. The van der Waals surface area contributed by atoms with Gasteiger partial charge in [0, 0.05) is 19.2 Å². The summed E-state index contributed by atoms with van der Waals surface area (Å²) in [6, 6.07) is 2.61. The molecule has 21 heavy (non-hydrogen) atoms. The van der Waals surface area contributed by atoms with Crippen LogP contribution in [0.3, 0.4) is 0 Å². The van der Waals surface area contributed by atoms with E-state index in [0.29, 0.717) is 19.0 Å². The fourth-order valence-electron chi connectivity index (χ4n) is 1.91. The van der Waals surface area contributed by atoms with E-state index in [4.69, 9.17) is 0 Å². The predicted octanol–water partition coefficient (Wildman–Crippen LogP) is 2.65. The van der Waals surface area contributed by atoms with Crippen molar-refractivity contribution in [3.05, 3.63) is 27.9 Å². The average molecular weight is 295 g/mol. The molecule has 0 aliphatic heterocycles. The first-order valence-electron chi connectivity index (χ1n) is 6.93. The van der Waals surface area contributed by atoms with Crippen LogP contribution < -0.4 is 4.90 Å². The Morgan fingerprint density at radius 2 is 2.14 bits per heavy atom. The average Bonchev–Trinajstić information content (AvgIpc) is 2.50. The number of hydrogen-bond donors (Lipinski definition) is 0. The van der Waals surface area contributed by atoms with Gasteiger partial charge in [-0.2, -0.15) is 0 Å². The third-order valence-electron chi connectivity index (χ3n) is 3.36. The highest BCUT2D eigenvalue weighted by Gasteiger charge is 2.23. The maximum absolute atomic E-state index is 11.6. The van der Waals surface area contributed by atoms with E-state index in [9.17, 15) is 14.9 Å². The maximum Gasteiger partial charge on any atom is 0.356 e. The van der Waals surface area contributed by atoms with E-state index in [2.05, 4.69) is 23.6 Å². The van der Waals surface area contributed by atoms with E-state index in [1.807, 2.05) is 11.8 Å². The Balaban J connectivity index is 3.26. The first-order chi connectivity index (χ1) is 9.94. The summed E-state index contributed by atoms with van der Waals surface area (Å²) in [6.07, 6.45) is 0.959. The normalized spacial score (nSPS) is 11.8. The minimum Gasteiger partial charge on any atom is -0.464 e. The van der Waals surface area contributed by atoms with Crippen molar-refractivity contribution in [1.82, 2.24) is 4.98 Å². The zero-order valence-electron chi connectivity index (χ0n) is 12.8. The van der Waals surface area contributed by atoms with Gasteiger partial charge in [-0.3, -0.25) is 10.1 Å². The van der Waals surface area contributed by atoms with Crippen molar-refractivity contribution in [3.8, 4) is 0 Å². The van der Waals surface area contributed by atoms with Crippen molar-refractivity contribution >= 4 is 17.5 Å². The number of aromatic nitrogens is 1. The Morgan fingerprint density at radius 1 is 1.48 bits per heavy atom. The van der Waals surface area contributed by atoms with Crippen molar-refractivity contribution in [1.29, 1.82) is 0 Å². The van der Waals surface area contributed by atoms with E-state index in [1.54, 1.807) is 0 Å². The number of nitro groups is 1. The van der Waals surface area contributed by atoms with Gasteiger partial charge < -0.3 is 9.64 Å². The molecule has 0 amide bonds. The van der Waals surface area contributed by atoms with E-state index < -0.39 is 10.9 Å². The molecular weight excluding hydrogens is 274 g/mol. The summed E-state index contributed by atoms with van der Waals surface area (Å²) in [5.41, 5.74) is -0.0338. The van der Waals surface area contributed by atoms with Crippen LogP contribution in [0.15, 0.2) is 12.1 Å². The standard InChI is InChI=1S/C14H21N3O4/c1-5-10(3)9-16(6-2)13-12(17(19)20)8-7-11(15-13)14(18)21-4/h7-8,10H,5-6,9H2,1-4H3. The van der Waals surface area contributed by atoms with Gasteiger partial charge in [0.1, 0.15) is 0 Å². The van der Waals surface area contributed by atoms with Gasteiger partial charge in [0.25, 0.3) is 0 Å². The van der Waals surface area contributed by atoms with Crippen LogP contribution in [-0.4, -0.2) is 36.1 Å². The molecule has 7 heteroatoms. The Morgan fingerprint density at radius 3 is 2.62 bits per heavy atom. The minimum absolute atomic E-state index is 0.0701. The van der Waals surface area contributed by atoms with E-state index in [0.717, 1.165) is 6.42 Å². The second kappa shape index (κ2) is 7.56. The molecule has 0 aromatic carbocycles. The number of hydrogen-bond acceptors (Lipinski definition) is 6. The molecule has 1 aromatic heterocycles. The number of rotatable bonds is 7. The van der Waals surface area contributed by atoms with Crippen LogP contribution in [-0.2, 0) is 4.74 Å². The lowest BCUT2D eigenvalue weighted by Crippen LogP contribution is -2.30. The van der Waals surface area contributed by atoms with Crippen LogP contribution in [0.5, 0.6) is 0 Å². The van der Waals surface area contributed by atoms with Gasteiger partial charge in [-0.25, -0.2) is 9.78 Å². The predicted molar refractivity (Wildman–Crippen MR) is 79.6 cm³/mol. The SMILES string of the molecule is CCC(C)CN(CC)c1nc(C(=O)OC)ccc1[N+](=O)[O-]. The van der Waals surface area contributed by atoms with Crippen LogP contribution >= 0.6 is 0 Å². The number of ether oxygens (including phenoxy) is 1. The molecule has 0 spiro atoms. The lowest BCUT2D eigenvalue weighted by atomic mass is 10.1. The minimum atomic E-state index is -0.606. The third kappa shape index (κ3) is 4.14. The maximum atomic E-state index is 11.6. The molecule has 0 aliphatic rings. The second-order valence-corrected chi connectivity index (χ2v) is 4.84. The van der Waals surface area contributed by atoms with Crippen molar-refractivity contribution in [2.24, 2.45) is 5.92 Å². The van der Waals surface area contributed by atoms with Gasteiger partial charge in [-0.05, 0) is 18.9 Å². The van der Waals surface area contributed by atoms with Crippen LogP contribution in [0.2, 0.25) is 0 Å². The number of carbonyl (C=O) groups is 1. The van der Waals surface area contributed by atoms with Crippen molar-refractivity contribution in [2.75, 3.05) is 25.1 Å². The van der Waals surface area contributed by atoms with E-state index >= 15 is 0 Å². The highest BCUT2D eigenvalue weighted by atomic mass is 16.6. The molecule has 0 aliphatic carbocycles. The van der Waals surface area contributed by atoms with Gasteiger partial charge in [-0.1, -0.05) is 20.3 Å². The smallest absolute Gasteiger partial charge is 0.356 e. The van der Waals surface area contributed by atoms with Crippen LogP contribution in [0, 0.1) is 16.0 Å². The molecule has 1 rings (SSSR count). The van der Waals surface area contributed by atoms with Crippen LogP contribution in [0.25, 0.3) is 0 Å². The number of anilines is 1. The Kier molecular flexibility index (Phi) is 6.08. The topological polar surface area (TPSA) is 85.6 Å². The third-order valence-corrected chi connectivity index (χ3v) is 3.36. The van der Waals surface area contributed by atoms with Gasteiger partial charge in [-0.15, -0.1) is 0 Å². The molecule has 0 N–H and O–H groups in total. The molecule has 1 unspecified atom stereocenters. The summed E-state index contributed by atoms with van der Waals surface area (Å²) in [5.74, 6) is -0.0235. The number of carbonyl (C=O) groups excluding carboxylic acids is 1. The highest BCUT2D eigenvalue weighted by molar-refractivity contribution is 5.88. The van der Waals surface area contributed by atoms with Crippen molar-refractivity contribution in [3.63, 3.8) is 0 Å². The summed E-state index contributed by atoms with van der Waals surface area (Å²) in [5, 5.41) is 11.2. The van der Waals surface area contributed by atoms with Crippen molar-refractivity contribution in [2.45, 2.75) is 27.2 Å². The quantitative estimate of drug-likeness (QED) is 0.436. The zero-order chi connectivity index (χ0) is 16.0. The Bertz CT molecular complexity index is 519. The zero-order valence-corrected chi connectivity index (χ0v) is 12.8. The van der Waals surface area contributed by atoms with E-state index in [-0.39, 0.29) is 17.2 Å². The molecule has 7 nitrogen and oxygen atoms in total. The molecular formula is C14H21N3O4. The molecule has 1 heterocycles. The molecule has 0 saturated heterocycles. The molecule has 0 saturated carbocycles. The van der Waals surface area contributed by atoms with E-state index in [1.165, 1.54) is 19.2 Å². The fraction of sp³-hybridized carbons (Fsp3) is 0.571. The molecule has 0 fully saturated rings. The Labute approximate surface area is 124 Å². The summed E-state index contributed by atoms with van der Waals surface area (Å²) in [4.78, 5) is 28.2. The second-order valence-electron chi connectivity index (χ2n) is 4.84. The largest absolute Gasteiger partial charge is 0.464 e. The molecule has 116 valence electrons. The molecule has 1 atom stereocenters. The van der Waals surface area contributed by atoms with Gasteiger partial charge in [0.15, 0.2) is 5.69 Å². The van der Waals surface area contributed by atoms with Crippen LogP contribution in [0.4, 0.5) is 11.5 Å². The van der Waals surface area contributed by atoms with Crippen LogP contribution in [0.1, 0.15) is 37.7 Å². The summed E-state index contributed by atoms with van der Waals surface area (Å²) >= 11 is 0. The molecule has 0 radical (unpaired) electrons. The first kappa shape index (κ1) is 16.9. The monoisotopic (exact) mass is 295 g/mol. The van der Waals surface area contributed by atoms with Gasteiger partial charge in [0.2, 0.25) is 5.82 Å². The summed E-state index contributed by atoms with van der Waals surface area (Å²) < 4.78 is 4.62.